The molecule has 0 radical (unpaired) electrons. The second kappa shape index (κ2) is 7.96. The number of nitrogens with zero attached hydrogens (tertiary/aromatic N) is 3. The Balaban J connectivity index is 1.52. The van der Waals surface area contributed by atoms with E-state index in [0.29, 0.717) is 37.3 Å². The molecule has 0 spiro atoms. The molecule has 4 rings (SSSR count). The third-order valence-corrected chi connectivity index (χ3v) is 7.87. The fourth-order valence-electron chi connectivity index (χ4n) is 3.45. The van der Waals surface area contributed by atoms with Crippen molar-refractivity contribution in [2.75, 3.05) is 26.2 Å². The van der Waals surface area contributed by atoms with E-state index in [2.05, 4.69) is 10.3 Å². The summed E-state index contributed by atoms with van der Waals surface area (Å²) in [6.45, 7) is 3.53. The van der Waals surface area contributed by atoms with Crippen LogP contribution in [0.25, 0.3) is 11.1 Å². The van der Waals surface area contributed by atoms with E-state index in [1.54, 1.807) is 13.0 Å². The quantitative estimate of drug-likeness (QED) is 0.711. The van der Waals surface area contributed by atoms with Gasteiger partial charge in [-0.15, -0.1) is 0 Å². The Morgan fingerprint density at radius 1 is 1.24 bits per heavy atom. The number of amides is 3. The first-order valence-electron chi connectivity index (χ1n) is 9.53. The number of fused-ring (bicyclic) bond motifs is 1. The molecular formula is C18H22N4O5S2. The number of benzene rings is 1. The number of oxazole rings is 1. The first-order chi connectivity index (χ1) is 13.9. The van der Waals surface area contributed by atoms with E-state index in [-0.39, 0.29) is 16.0 Å². The average Bonchev–Trinajstić information content (AvgIpc) is 3.32. The van der Waals surface area contributed by atoms with Crippen molar-refractivity contribution in [3.8, 4) is 0 Å². The lowest BCUT2D eigenvalue weighted by Gasteiger charge is -2.25. The number of piperidine rings is 1. The van der Waals surface area contributed by atoms with Crippen molar-refractivity contribution in [1.29, 1.82) is 0 Å². The summed E-state index contributed by atoms with van der Waals surface area (Å²) in [5, 5.41) is 2.29. The zero-order valence-corrected chi connectivity index (χ0v) is 17.6. The van der Waals surface area contributed by atoms with Gasteiger partial charge in [0.05, 0.1) is 10.1 Å². The SMILES string of the molecule is CC(Sc1nc2cc(S(=O)(=O)N3CCCCC3)ccc2o1)C(=O)N1CCNC1=O. The molecule has 9 nitrogen and oxygen atoms in total. The minimum Gasteiger partial charge on any atom is -0.431 e. The number of urea groups is 1. The number of hydrogen-bond acceptors (Lipinski definition) is 7. The summed E-state index contributed by atoms with van der Waals surface area (Å²) in [6, 6.07) is 4.22. The number of rotatable bonds is 5. The summed E-state index contributed by atoms with van der Waals surface area (Å²) < 4.78 is 32.9. The predicted molar refractivity (Wildman–Crippen MR) is 107 cm³/mol. The Labute approximate surface area is 172 Å². The van der Waals surface area contributed by atoms with Gasteiger partial charge < -0.3 is 9.73 Å². The topological polar surface area (TPSA) is 113 Å². The molecule has 1 atom stereocenters. The highest BCUT2D eigenvalue weighted by atomic mass is 32.2. The van der Waals surface area contributed by atoms with Gasteiger partial charge in [0, 0.05) is 26.2 Å². The lowest BCUT2D eigenvalue weighted by atomic mass is 10.2. The molecule has 0 bridgehead atoms. The van der Waals surface area contributed by atoms with Crippen molar-refractivity contribution in [3.05, 3.63) is 18.2 Å². The Kier molecular flexibility index (Phi) is 5.54. The molecule has 2 saturated heterocycles. The van der Waals surface area contributed by atoms with Gasteiger partial charge in [-0.05, 0) is 38.0 Å². The van der Waals surface area contributed by atoms with Crippen LogP contribution in [-0.2, 0) is 14.8 Å². The van der Waals surface area contributed by atoms with Crippen LogP contribution in [0.2, 0.25) is 0 Å². The largest absolute Gasteiger partial charge is 0.431 e. The van der Waals surface area contributed by atoms with Crippen LogP contribution in [0.15, 0.2) is 32.7 Å². The minimum absolute atomic E-state index is 0.189. The van der Waals surface area contributed by atoms with Crippen LogP contribution in [0.1, 0.15) is 26.2 Å². The van der Waals surface area contributed by atoms with Gasteiger partial charge in [-0.3, -0.25) is 9.69 Å². The third kappa shape index (κ3) is 3.99. The lowest BCUT2D eigenvalue weighted by Crippen LogP contribution is -2.38. The molecule has 156 valence electrons. The lowest BCUT2D eigenvalue weighted by molar-refractivity contribution is -0.126. The molecule has 29 heavy (non-hydrogen) atoms. The third-order valence-electron chi connectivity index (χ3n) is 5.04. The zero-order chi connectivity index (χ0) is 20.6. The van der Waals surface area contributed by atoms with E-state index in [9.17, 15) is 18.0 Å². The van der Waals surface area contributed by atoms with E-state index in [0.717, 1.165) is 31.0 Å². The van der Waals surface area contributed by atoms with Crippen molar-refractivity contribution >= 4 is 44.8 Å². The smallest absolute Gasteiger partial charge is 0.324 e. The van der Waals surface area contributed by atoms with Crippen molar-refractivity contribution in [2.24, 2.45) is 0 Å². The van der Waals surface area contributed by atoms with E-state index in [1.165, 1.54) is 21.3 Å². The van der Waals surface area contributed by atoms with Gasteiger partial charge in [-0.2, -0.15) is 4.31 Å². The predicted octanol–water partition coefficient (Wildman–Crippen LogP) is 2.03. The normalized spacial score (nSPS) is 19.5. The van der Waals surface area contributed by atoms with Crippen LogP contribution in [0.3, 0.4) is 0 Å². The molecule has 1 aromatic carbocycles. The Morgan fingerprint density at radius 2 is 2.00 bits per heavy atom. The van der Waals surface area contributed by atoms with Crippen LogP contribution < -0.4 is 5.32 Å². The summed E-state index contributed by atoms with van der Waals surface area (Å²) >= 11 is 1.10. The molecule has 1 N–H and O–H groups in total. The monoisotopic (exact) mass is 438 g/mol. The second-order valence-electron chi connectivity index (χ2n) is 7.06. The number of aromatic nitrogens is 1. The Morgan fingerprint density at radius 3 is 2.69 bits per heavy atom. The molecule has 3 amide bonds. The maximum atomic E-state index is 12.9. The van der Waals surface area contributed by atoms with Gasteiger partial charge in [0.1, 0.15) is 5.52 Å². The number of nitrogens with one attached hydrogen (secondary N) is 1. The van der Waals surface area contributed by atoms with E-state index in [1.807, 2.05) is 0 Å². The highest BCUT2D eigenvalue weighted by molar-refractivity contribution is 8.00. The molecule has 2 aliphatic heterocycles. The summed E-state index contributed by atoms with van der Waals surface area (Å²) in [4.78, 5) is 29.8. The van der Waals surface area contributed by atoms with E-state index in [4.69, 9.17) is 4.42 Å². The van der Waals surface area contributed by atoms with Crippen molar-refractivity contribution in [2.45, 2.75) is 41.6 Å². The number of imide groups is 1. The Bertz CT molecular complexity index is 1050. The maximum Gasteiger partial charge on any atom is 0.324 e. The van der Waals surface area contributed by atoms with Crippen LogP contribution in [0.4, 0.5) is 4.79 Å². The van der Waals surface area contributed by atoms with Crippen LogP contribution in [0.5, 0.6) is 0 Å². The number of carbonyl (C=O) groups is 2. The van der Waals surface area contributed by atoms with Crippen LogP contribution >= 0.6 is 11.8 Å². The number of thioether (sulfide) groups is 1. The van der Waals surface area contributed by atoms with Crippen molar-refractivity contribution in [1.82, 2.24) is 19.5 Å². The molecule has 3 heterocycles. The fourth-order valence-corrected chi connectivity index (χ4v) is 5.81. The average molecular weight is 439 g/mol. The van der Waals surface area contributed by atoms with E-state index >= 15 is 0 Å². The first-order valence-corrected chi connectivity index (χ1v) is 11.8. The number of carbonyl (C=O) groups excluding carboxylic acids is 2. The molecule has 0 saturated carbocycles. The molecule has 2 aliphatic rings. The number of sulfonamides is 1. The van der Waals surface area contributed by atoms with Crippen LogP contribution in [-0.4, -0.2) is 66.0 Å². The Hall–Kier alpha value is -2.11. The summed E-state index contributed by atoms with van der Waals surface area (Å²) in [6.07, 6.45) is 2.78. The molecular weight excluding hydrogens is 416 g/mol. The van der Waals surface area contributed by atoms with Crippen LogP contribution in [0, 0.1) is 0 Å². The molecule has 2 fully saturated rings. The van der Waals surface area contributed by atoms with Gasteiger partial charge in [0.2, 0.25) is 15.9 Å². The van der Waals surface area contributed by atoms with Crippen molar-refractivity contribution < 1.29 is 22.4 Å². The standard InChI is InChI=1S/C18H22N4O5S2/c1-12(16(23)22-10-7-19-17(22)24)28-18-20-14-11-13(5-6-15(14)27-18)29(25,26)21-8-3-2-4-9-21/h5-6,11-12H,2-4,7-10H2,1H3,(H,19,24). The van der Waals surface area contributed by atoms with E-state index < -0.39 is 21.3 Å². The van der Waals surface area contributed by atoms with Gasteiger partial charge >= 0.3 is 6.03 Å². The molecule has 0 aliphatic carbocycles. The van der Waals surface area contributed by atoms with Gasteiger partial charge in [0.15, 0.2) is 5.58 Å². The fraction of sp³-hybridized carbons (Fsp3) is 0.500. The van der Waals surface area contributed by atoms with Gasteiger partial charge in [-0.1, -0.05) is 18.2 Å². The highest BCUT2D eigenvalue weighted by Crippen LogP contribution is 2.30. The molecule has 2 aromatic rings. The number of hydrogen-bond donors (Lipinski definition) is 1. The second-order valence-corrected chi connectivity index (χ2v) is 10.3. The molecule has 1 unspecified atom stereocenters. The van der Waals surface area contributed by atoms with Gasteiger partial charge in [0.25, 0.3) is 5.22 Å². The maximum absolute atomic E-state index is 12.9. The highest BCUT2D eigenvalue weighted by Gasteiger charge is 2.31. The summed E-state index contributed by atoms with van der Waals surface area (Å²) in [5.41, 5.74) is 0.868. The molecule has 1 aromatic heterocycles. The first kappa shape index (κ1) is 20.2. The van der Waals surface area contributed by atoms with Crippen molar-refractivity contribution in [3.63, 3.8) is 0 Å². The summed E-state index contributed by atoms with van der Waals surface area (Å²) in [5.74, 6) is -0.319. The minimum atomic E-state index is -3.56. The summed E-state index contributed by atoms with van der Waals surface area (Å²) in [7, 11) is -3.56. The van der Waals surface area contributed by atoms with Gasteiger partial charge in [-0.25, -0.2) is 18.2 Å². The zero-order valence-electron chi connectivity index (χ0n) is 16.0. The molecule has 11 heteroatoms.